The third-order valence-electron chi connectivity index (χ3n) is 3.25. The van der Waals surface area contributed by atoms with Gasteiger partial charge in [0.25, 0.3) is 5.91 Å². The van der Waals surface area contributed by atoms with Gasteiger partial charge in [-0.25, -0.2) is 0 Å². The number of hydrogen-bond donors (Lipinski definition) is 1. The van der Waals surface area contributed by atoms with Crippen LogP contribution in [-0.2, 0) is 13.6 Å². The molecular weight excluding hydrogens is 429 g/mol. The highest BCUT2D eigenvalue weighted by Gasteiger charge is 2.38. The highest BCUT2D eigenvalue weighted by Crippen LogP contribution is 2.59. The number of nitrogens with one attached hydrogen (secondary N) is 1. The van der Waals surface area contributed by atoms with Crippen LogP contribution in [0, 0.1) is 6.92 Å². The standard InChI is InChI=1S/C15H19BrN3O4PS/c1-4-22-24(21,23-5-2)15(11-6-8-12(16)9-7-11)17-14(20)13-10(3)18-19-25-13/h6-9,15H,4-5H2,1-3H3,(H,17,20). The zero-order chi connectivity index (χ0) is 18.4. The van der Waals surface area contributed by atoms with Gasteiger partial charge in [0, 0.05) is 4.47 Å². The summed E-state index contributed by atoms with van der Waals surface area (Å²) in [5, 5.41) is 6.60. The van der Waals surface area contributed by atoms with E-state index < -0.39 is 19.3 Å². The number of benzene rings is 1. The lowest BCUT2D eigenvalue weighted by molar-refractivity contribution is 0.0940. The zero-order valence-electron chi connectivity index (χ0n) is 14.1. The number of aryl methyl sites for hydroxylation is 1. The highest BCUT2D eigenvalue weighted by molar-refractivity contribution is 9.10. The van der Waals surface area contributed by atoms with E-state index in [1.165, 1.54) is 0 Å². The van der Waals surface area contributed by atoms with Gasteiger partial charge in [-0.05, 0) is 50.0 Å². The third kappa shape index (κ3) is 4.95. The van der Waals surface area contributed by atoms with E-state index in [2.05, 4.69) is 30.8 Å². The summed E-state index contributed by atoms with van der Waals surface area (Å²) in [6.07, 6.45) is 0. The van der Waals surface area contributed by atoms with Gasteiger partial charge in [-0.1, -0.05) is 32.6 Å². The van der Waals surface area contributed by atoms with E-state index in [1.807, 2.05) is 0 Å². The number of carbonyl (C=O) groups excluding carboxylic acids is 1. The molecule has 25 heavy (non-hydrogen) atoms. The van der Waals surface area contributed by atoms with Crippen LogP contribution >= 0.6 is 35.1 Å². The topological polar surface area (TPSA) is 90.4 Å². The monoisotopic (exact) mass is 447 g/mol. The summed E-state index contributed by atoms with van der Waals surface area (Å²) in [6, 6.07) is 7.13. The van der Waals surface area contributed by atoms with Gasteiger partial charge < -0.3 is 14.4 Å². The molecule has 0 aliphatic heterocycles. The predicted octanol–water partition coefficient (Wildman–Crippen LogP) is 4.30. The fourth-order valence-electron chi connectivity index (χ4n) is 2.17. The van der Waals surface area contributed by atoms with Gasteiger partial charge in [0.05, 0.1) is 18.9 Å². The lowest BCUT2D eigenvalue weighted by Gasteiger charge is -2.27. The summed E-state index contributed by atoms with van der Waals surface area (Å²) in [6.45, 7) is 5.53. The molecule has 136 valence electrons. The fourth-order valence-corrected chi connectivity index (χ4v) is 4.89. The molecule has 2 aromatic rings. The normalized spacial score (nSPS) is 12.8. The SMILES string of the molecule is CCOP(=O)(OCC)C(NC(=O)c1snnc1C)c1ccc(Br)cc1. The Morgan fingerprint density at radius 2 is 1.88 bits per heavy atom. The van der Waals surface area contributed by atoms with Gasteiger partial charge in [0.15, 0.2) is 5.78 Å². The molecule has 0 bridgehead atoms. The van der Waals surface area contributed by atoms with Crippen molar-refractivity contribution in [2.45, 2.75) is 26.6 Å². The molecule has 0 saturated carbocycles. The van der Waals surface area contributed by atoms with Gasteiger partial charge in [-0.2, -0.15) is 0 Å². The van der Waals surface area contributed by atoms with Crippen LogP contribution in [0.1, 0.15) is 40.6 Å². The summed E-state index contributed by atoms with van der Waals surface area (Å²) in [5.41, 5.74) is 1.14. The van der Waals surface area contributed by atoms with E-state index in [1.54, 1.807) is 45.0 Å². The number of halogens is 1. The van der Waals surface area contributed by atoms with Crippen molar-refractivity contribution in [3.63, 3.8) is 0 Å². The third-order valence-corrected chi connectivity index (χ3v) is 6.90. The average Bonchev–Trinajstić information content (AvgIpc) is 3.00. The molecule has 0 saturated heterocycles. The van der Waals surface area contributed by atoms with Crippen LogP contribution in [-0.4, -0.2) is 28.7 Å². The Balaban J connectivity index is 2.41. The molecule has 1 atom stereocenters. The largest absolute Gasteiger partial charge is 0.357 e. The number of hydrogen-bond acceptors (Lipinski definition) is 7. The Morgan fingerprint density at radius 3 is 2.36 bits per heavy atom. The minimum atomic E-state index is -3.62. The first-order chi connectivity index (χ1) is 11.9. The molecule has 0 radical (unpaired) electrons. The molecule has 7 nitrogen and oxygen atoms in total. The molecule has 0 spiro atoms. The second-order valence-electron chi connectivity index (χ2n) is 4.99. The van der Waals surface area contributed by atoms with Crippen molar-refractivity contribution in [2.75, 3.05) is 13.2 Å². The van der Waals surface area contributed by atoms with E-state index in [4.69, 9.17) is 9.05 Å². The van der Waals surface area contributed by atoms with Crippen LogP contribution in [0.4, 0.5) is 0 Å². The highest BCUT2D eigenvalue weighted by atomic mass is 79.9. The maximum absolute atomic E-state index is 13.3. The molecule has 1 aromatic carbocycles. The Hall–Kier alpha value is -1.12. The molecule has 0 fully saturated rings. The van der Waals surface area contributed by atoms with Crippen LogP contribution < -0.4 is 5.32 Å². The van der Waals surface area contributed by atoms with Gasteiger partial charge in [0.1, 0.15) is 4.88 Å². The van der Waals surface area contributed by atoms with Crippen molar-refractivity contribution in [1.29, 1.82) is 0 Å². The minimum Gasteiger partial charge on any atom is -0.333 e. The van der Waals surface area contributed by atoms with Crippen molar-refractivity contribution < 1.29 is 18.4 Å². The van der Waals surface area contributed by atoms with Crippen molar-refractivity contribution in [1.82, 2.24) is 14.9 Å². The number of rotatable bonds is 8. The quantitative estimate of drug-likeness (QED) is 0.606. The van der Waals surface area contributed by atoms with Gasteiger partial charge in [0.2, 0.25) is 0 Å². The first-order valence-electron chi connectivity index (χ1n) is 7.65. The van der Waals surface area contributed by atoms with E-state index in [0.717, 1.165) is 16.0 Å². The molecule has 10 heteroatoms. The Kier molecular flexibility index (Phi) is 7.27. The van der Waals surface area contributed by atoms with Crippen molar-refractivity contribution >= 4 is 41.0 Å². The second-order valence-corrected chi connectivity index (χ2v) is 8.77. The maximum atomic E-state index is 13.3. The van der Waals surface area contributed by atoms with E-state index >= 15 is 0 Å². The zero-order valence-corrected chi connectivity index (χ0v) is 17.4. The molecule has 1 unspecified atom stereocenters. The van der Waals surface area contributed by atoms with Crippen molar-refractivity contribution in [2.24, 2.45) is 0 Å². The van der Waals surface area contributed by atoms with Crippen molar-refractivity contribution in [3.8, 4) is 0 Å². The Labute approximate surface area is 159 Å². The van der Waals surface area contributed by atoms with Crippen LogP contribution in [0.25, 0.3) is 0 Å². The number of carbonyl (C=O) groups is 1. The smallest absolute Gasteiger partial charge is 0.333 e. The van der Waals surface area contributed by atoms with Crippen molar-refractivity contribution in [3.05, 3.63) is 44.9 Å². The summed E-state index contributed by atoms with van der Waals surface area (Å²) < 4.78 is 28.8. The molecule has 1 aromatic heterocycles. The van der Waals surface area contributed by atoms with Gasteiger partial charge >= 0.3 is 7.60 Å². The van der Waals surface area contributed by atoms with Crippen LogP contribution in [0.2, 0.25) is 0 Å². The first kappa shape index (κ1) is 20.2. The van der Waals surface area contributed by atoms with E-state index in [9.17, 15) is 9.36 Å². The summed E-state index contributed by atoms with van der Waals surface area (Å²) in [4.78, 5) is 13.0. The van der Waals surface area contributed by atoms with E-state index in [-0.39, 0.29) is 13.2 Å². The van der Waals surface area contributed by atoms with Gasteiger partial charge in [-0.3, -0.25) is 9.36 Å². The Morgan fingerprint density at radius 1 is 1.28 bits per heavy atom. The molecule has 0 aliphatic rings. The molecule has 1 amide bonds. The molecule has 0 aliphatic carbocycles. The maximum Gasteiger partial charge on any atom is 0.357 e. The molecule has 2 rings (SSSR count). The number of aromatic nitrogens is 2. The minimum absolute atomic E-state index is 0.196. The molecular formula is C15H19BrN3O4PS. The number of nitrogens with zero attached hydrogens (tertiary/aromatic N) is 2. The fraction of sp³-hybridized carbons (Fsp3) is 0.400. The summed E-state index contributed by atoms with van der Waals surface area (Å²) in [7, 11) is -3.62. The van der Waals surface area contributed by atoms with Crippen LogP contribution in [0.3, 0.4) is 0 Å². The summed E-state index contributed by atoms with van der Waals surface area (Å²) >= 11 is 4.35. The molecule has 1 N–H and O–H groups in total. The first-order valence-corrected chi connectivity index (χ1v) is 10.8. The lowest BCUT2D eigenvalue weighted by atomic mass is 10.2. The predicted molar refractivity (Wildman–Crippen MR) is 99.9 cm³/mol. The molecule has 1 heterocycles. The van der Waals surface area contributed by atoms with E-state index in [0.29, 0.717) is 16.1 Å². The van der Waals surface area contributed by atoms with Crippen LogP contribution in [0.15, 0.2) is 28.7 Å². The lowest BCUT2D eigenvalue weighted by Crippen LogP contribution is -2.29. The Bertz CT molecular complexity index is 758. The van der Waals surface area contributed by atoms with Gasteiger partial charge in [-0.15, -0.1) is 5.10 Å². The number of amides is 1. The van der Waals surface area contributed by atoms with Crippen LogP contribution in [0.5, 0.6) is 0 Å². The average molecular weight is 448 g/mol. The summed E-state index contributed by atoms with van der Waals surface area (Å²) in [5.74, 6) is -1.35. The second kappa shape index (κ2) is 9.00.